The van der Waals surface area contributed by atoms with Crippen LogP contribution in [-0.4, -0.2) is 55.4 Å². The van der Waals surface area contributed by atoms with Crippen LogP contribution in [0.15, 0.2) is 41.3 Å². The van der Waals surface area contributed by atoms with E-state index in [2.05, 4.69) is 10.3 Å². The van der Waals surface area contributed by atoms with Gasteiger partial charge in [0.05, 0.1) is 27.3 Å². The first-order chi connectivity index (χ1) is 15.6. The van der Waals surface area contributed by atoms with Crippen LogP contribution in [0.2, 0.25) is 5.02 Å². The minimum atomic E-state index is -3.57. The van der Waals surface area contributed by atoms with Crippen molar-refractivity contribution in [3.63, 3.8) is 0 Å². The largest absolute Gasteiger partial charge is 0.376 e. The van der Waals surface area contributed by atoms with Crippen LogP contribution in [0.5, 0.6) is 0 Å². The number of nitrogens with one attached hydrogen (secondary N) is 1. The van der Waals surface area contributed by atoms with Gasteiger partial charge in [0.25, 0.3) is 0 Å². The van der Waals surface area contributed by atoms with E-state index < -0.39 is 10.0 Å². The molecule has 0 aliphatic heterocycles. The second-order valence-electron chi connectivity index (χ2n) is 7.93. The summed E-state index contributed by atoms with van der Waals surface area (Å²) in [5, 5.41) is 3.47. The maximum atomic E-state index is 12.8. The Hall–Kier alpha value is -2.62. The lowest BCUT2D eigenvalue weighted by Crippen LogP contribution is -2.30. The molecule has 1 aromatic heterocycles. The van der Waals surface area contributed by atoms with E-state index in [0.717, 1.165) is 11.2 Å². The highest BCUT2D eigenvalue weighted by Gasteiger charge is 2.23. The Balaban J connectivity index is 1.78. The zero-order chi connectivity index (χ0) is 24.3. The van der Waals surface area contributed by atoms with Gasteiger partial charge in [-0.1, -0.05) is 25.4 Å². The molecule has 33 heavy (non-hydrogen) atoms. The number of imidazole rings is 1. The summed E-state index contributed by atoms with van der Waals surface area (Å²) in [4.78, 5) is 19.4. The first kappa shape index (κ1) is 25.0. The smallest absolute Gasteiger partial charge is 0.243 e. The number of amides is 1. The number of benzene rings is 2. The van der Waals surface area contributed by atoms with Crippen LogP contribution in [0.4, 0.5) is 11.4 Å². The molecule has 0 radical (unpaired) electrons. The molecule has 8 nitrogen and oxygen atoms in total. The SMILES string of the molecule is CCN(CC)S(=O)(=O)c1ccc2c(c1)nc(CCC(=O)Nc1cc(Cl)ccc1N(C)C)n2C. The molecule has 1 amide bonds. The topological polar surface area (TPSA) is 87.5 Å². The number of aromatic nitrogens is 2. The van der Waals surface area contributed by atoms with Gasteiger partial charge < -0.3 is 14.8 Å². The summed E-state index contributed by atoms with van der Waals surface area (Å²) in [5.74, 6) is 0.550. The van der Waals surface area contributed by atoms with E-state index in [4.69, 9.17) is 11.6 Å². The molecular weight excluding hydrogens is 462 g/mol. The van der Waals surface area contributed by atoms with Gasteiger partial charge in [-0.2, -0.15) is 4.31 Å². The Morgan fingerprint density at radius 3 is 2.45 bits per heavy atom. The van der Waals surface area contributed by atoms with Gasteiger partial charge >= 0.3 is 0 Å². The van der Waals surface area contributed by atoms with E-state index in [0.29, 0.717) is 41.6 Å². The Bertz CT molecular complexity index is 1270. The van der Waals surface area contributed by atoms with Crippen molar-refractivity contribution in [2.24, 2.45) is 7.05 Å². The minimum Gasteiger partial charge on any atom is -0.376 e. The van der Waals surface area contributed by atoms with Crippen LogP contribution in [-0.2, 0) is 28.3 Å². The maximum Gasteiger partial charge on any atom is 0.243 e. The average Bonchev–Trinajstić information content (AvgIpc) is 3.07. The third-order valence-corrected chi connectivity index (χ3v) is 7.86. The van der Waals surface area contributed by atoms with E-state index in [9.17, 15) is 13.2 Å². The highest BCUT2D eigenvalue weighted by molar-refractivity contribution is 7.89. The first-order valence-corrected chi connectivity index (χ1v) is 12.6. The second-order valence-corrected chi connectivity index (χ2v) is 10.3. The van der Waals surface area contributed by atoms with Crippen LogP contribution in [0.1, 0.15) is 26.1 Å². The molecular formula is C23H30ClN5O3S. The fourth-order valence-corrected chi connectivity index (χ4v) is 5.41. The molecule has 1 N–H and O–H groups in total. The van der Waals surface area contributed by atoms with Crippen molar-refractivity contribution < 1.29 is 13.2 Å². The molecule has 0 spiro atoms. The summed E-state index contributed by atoms with van der Waals surface area (Å²) in [5.41, 5.74) is 2.91. The summed E-state index contributed by atoms with van der Waals surface area (Å²) < 4.78 is 29.0. The molecule has 2 aromatic carbocycles. The van der Waals surface area contributed by atoms with E-state index in [1.165, 1.54) is 4.31 Å². The molecule has 0 saturated carbocycles. The van der Waals surface area contributed by atoms with Crippen LogP contribution >= 0.6 is 11.6 Å². The van der Waals surface area contributed by atoms with Crippen LogP contribution in [0.3, 0.4) is 0 Å². The van der Waals surface area contributed by atoms with Gasteiger partial charge in [0.15, 0.2) is 0 Å². The molecule has 178 valence electrons. The van der Waals surface area contributed by atoms with Crippen molar-refractivity contribution in [2.75, 3.05) is 37.4 Å². The van der Waals surface area contributed by atoms with Gasteiger partial charge in [0.1, 0.15) is 5.82 Å². The molecule has 1 heterocycles. The number of nitrogens with zero attached hydrogens (tertiary/aromatic N) is 4. The normalized spacial score (nSPS) is 11.8. The van der Waals surface area contributed by atoms with E-state index in [1.807, 2.05) is 50.5 Å². The lowest BCUT2D eigenvalue weighted by atomic mass is 10.2. The van der Waals surface area contributed by atoms with E-state index >= 15 is 0 Å². The van der Waals surface area contributed by atoms with Crippen molar-refractivity contribution in [1.29, 1.82) is 0 Å². The zero-order valence-corrected chi connectivity index (χ0v) is 21.2. The summed E-state index contributed by atoms with van der Waals surface area (Å²) in [6.07, 6.45) is 0.633. The second kappa shape index (κ2) is 10.1. The van der Waals surface area contributed by atoms with Gasteiger partial charge in [0, 0.05) is 52.1 Å². The Labute approximate surface area is 200 Å². The van der Waals surface area contributed by atoms with Crippen LogP contribution in [0.25, 0.3) is 11.0 Å². The highest BCUT2D eigenvalue weighted by atomic mass is 35.5. The molecule has 0 fully saturated rings. The minimum absolute atomic E-state index is 0.155. The molecule has 0 aliphatic carbocycles. The van der Waals surface area contributed by atoms with Crippen molar-refractivity contribution in [3.8, 4) is 0 Å². The summed E-state index contributed by atoms with van der Waals surface area (Å²) in [6, 6.07) is 10.3. The Kier molecular flexibility index (Phi) is 7.66. The highest BCUT2D eigenvalue weighted by Crippen LogP contribution is 2.28. The third-order valence-electron chi connectivity index (χ3n) is 5.58. The lowest BCUT2D eigenvalue weighted by Gasteiger charge is -2.18. The maximum absolute atomic E-state index is 12.8. The zero-order valence-electron chi connectivity index (χ0n) is 19.6. The molecule has 0 aliphatic rings. The lowest BCUT2D eigenvalue weighted by molar-refractivity contribution is -0.116. The first-order valence-electron chi connectivity index (χ1n) is 10.8. The molecule has 3 rings (SSSR count). The van der Waals surface area contributed by atoms with Crippen LogP contribution in [0, 0.1) is 0 Å². The quantitative estimate of drug-likeness (QED) is 0.490. The van der Waals surface area contributed by atoms with Crippen molar-refractivity contribution in [1.82, 2.24) is 13.9 Å². The number of hydrogen-bond donors (Lipinski definition) is 1. The number of rotatable bonds is 9. The number of anilines is 2. The van der Waals surface area contributed by atoms with Crippen molar-refractivity contribution >= 4 is 49.9 Å². The fraction of sp³-hybridized carbons (Fsp3) is 0.391. The van der Waals surface area contributed by atoms with Gasteiger partial charge in [-0.05, 0) is 36.4 Å². The van der Waals surface area contributed by atoms with E-state index in [-0.39, 0.29) is 17.2 Å². The van der Waals surface area contributed by atoms with E-state index in [1.54, 1.807) is 30.3 Å². The number of aryl methyl sites for hydroxylation is 2. The van der Waals surface area contributed by atoms with Gasteiger partial charge in [-0.3, -0.25) is 4.79 Å². The number of carbonyl (C=O) groups excluding carboxylic acids is 1. The summed E-state index contributed by atoms with van der Waals surface area (Å²) in [7, 11) is 2.09. The molecule has 3 aromatic rings. The Morgan fingerprint density at radius 1 is 1.12 bits per heavy atom. The standard InChI is InChI=1S/C23H30ClN5O3S/c1-6-29(7-2)33(31,32)17-9-11-21-19(15-17)25-22(28(21)5)12-13-23(30)26-18-14-16(24)8-10-20(18)27(3)4/h8-11,14-15H,6-7,12-13H2,1-5H3,(H,26,30). The van der Waals surface area contributed by atoms with Gasteiger partial charge in [0.2, 0.25) is 15.9 Å². The summed E-state index contributed by atoms with van der Waals surface area (Å²) in [6.45, 7) is 4.44. The number of carbonyl (C=O) groups is 1. The number of hydrogen-bond acceptors (Lipinski definition) is 5. The molecule has 0 atom stereocenters. The van der Waals surface area contributed by atoms with Crippen LogP contribution < -0.4 is 10.2 Å². The van der Waals surface area contributed by atoms with Gasteiger partial charge in [-0.15, -0.1) is 0 Å². The number of halogens is 1. The predicted octanol–water partition coefficient (Wildman–Crippen LogP) is 3.89. The van der Waals surface area contributed by atoms with Gasteiger partial charge in [-0.25, -0.2) is 13.4 Å². The molecule has 0 bridgehead atoms. The molecule has 10 heteroatoms. The summed E-state index contributed by atoms with van der Waals surface area (Å²) >= 11 is 6.10. The van der Waals surface area contributed by atoms with Crippen molar-refractivity contribution in [3.05, 3.63) is 47.2 Å². The van der Waals surface area contributed by atoms with Crippen molar-refractivity contribution in [2.45, 2.75) is 31.6 Å². The number of sulfonamides is 1. The molecule has 0 unspecified atom stereocenters. The third kappa shape index (κ3) is 5.31. The average molecular weight is 492 g/mol. The Morgan fingerprint density at radius 2 is 1.82 bits per heavy atom. The molecule has 0 saturated heterocycles. The predicted molar refractivity (Wildman–Crippen MR) is 134 cm³/mol. The monoisotopic (exact) mass is 491 g/mol. The number of fused-ring (bicyclic) bond motifs is 1. The fourth-order valence-electron chi connectivity index (χ4n) is 3.76.